The molecule has 1 unspecified atom stereocenters. The fraction of sp³-hybridized carbons (Fsp3) is 0.273. The highest BCUT2D eigenvalue weighted by atomic mass is 16.5. The minimum Gasteiger partial charge on any atom is -0.480 e. The number of nitrogen functional groups attached to an aromatic ring is 2. The maximum absolute atomic E-state index is 13.1. The van der Waals surface area contributed by atoms with Crippen molar-refractivity contribution in [1.29, 1.82) is 0 Å². The average Bonchev–Trinajstić information content (AvgIpc) is 2.80. The number of rotatable bonds is 5. The number of piperidine rings is 1. The number of aromatic nitrogens is 3. The van der Waals surface area contributed by atoms with Gasteiger partial charge in [0.15, 0.2) is 5.69 Å². The summed E-state index contributed by atoms with van der Waals surface area (Å²) in [6.45, 7) is 1.58. The molecule has 0 aliphatic carbocycles. The van der Waals surface area contributed by atoms with Gasteiger partial charge < -0.3 is 32.2 Å². The quantitative estimate of drug-likeness (QED) is 0.470. The van der Waals surface area contributed by atoms with E-state index in [1.807, 2.05) is 6.07 Å². The number of anilines is 4. The van der Waals surface area contributed by atoms with E-state index in [4.69, 9.17) is 21.9 Å². The molecule has 0 radical (unpaired) electrons. The van der Waals surface area contributed by atoms with E-state index in [0.717, 1.165) is 25.1 Å². The van der Waals surface area contributed by atoms with Crippen molar-refractivity contribution in [2.75, 3.05) is 41.9 Å². The van der Waals surface area contributed by atoms with Crippen LogP contribution in [-0.2, 0) is 0 Å². The van der Waals surface area contributed by atoms with Gasteiger partial charge in [-0.1, -0.05) is 0 Å². The summed E-state index contributed by atoms with van der Waals surface area (Å²) in [7, 11) is 1.48. The molecule has 7 N–H and O–H groups in total. The van der Waals surface area contributed by atoms with Gasteiger partial charge in [-0.25, -0.2) is 9.97 Å². The van der Waals surface area contributed by atoms with E-state index < -0.39 is 5.91 Å². The van der Waals surface area contributed by atoms with Gasteiger partial charge in [-0.15, -0.1) is 0 Å². The molecule has 0 bridgehead atoms. The van der Waals surface area contributed by atoms with Crippen molar-refractivity contribution in [3.63, 3.8) is 0 Å². The maximum Gasteiger partial charge on any atom is 0.276 e. The monoisotopic (exact) mass is 434 g/mol. The highest BCUT2D eigenvalue weighted by Crippen LogP contribution is 2.29. The Kier molecular flexibility index (Phi) is 6.04. The molecule has 1 saturated heterocycles. The molecule has 1 atom stereocenters. The number of carbonyl (C=O) groups is 1. The molecular formula is C22H26N8O2. The zero-order valence-corrected chi connectivity index (χ0v) is 17.8. The average molecular weight is 435 g/mol. The number of methoxy groups -OCH3 is 1. The fourth-order valence-corrected chi connectivity index (χ4v) is 3.72. The summed E-state index contributed by atoms with van der Waals surface area (Å²) in [5, 5.41) is 2.90. The van der Waals surface area contributed by atoms with Gasteiger partial charge in [0.1, 0.15) is 0 Å². The van der Waals surface area contributed by atoms with Gasteiger partial charge in [-0.05, 0) is 43.2 Å². The third kappa shape index (κ3) is 4.40. The second kappa shape index (κ2) is 9.06. The lowest BCUT2D eigenvalue weighted by Gasteiger charge is -2.33. The zero-order chi connectivity index (χ0) is 22.7. The summed E-state index contributed by atoms with van der Waals surface area (Å²) in [5.41, 5.74) is 21.2. The number of nitrogens with one attached hydrogen (secondary N) is 1. The first-order chi connectivity index (χ1) is 15.5. The minimum absolute atomic E-state index is 0.0882. The van der Waals surface area contributed by atoms with Gasteiger partial charge in [-0.3, -0.25) is 9.78 Å². The maximum atomic E-state index is 13.1. The molecule has 3 aromatic rings. The Bertz CT molecular complexity index is 1140. The van der Waals surface area contributed by atoms with Gasteiger partial charge >= 0.3 is 0 Å². The SMILES string of the molecule is COc1nc(-c2ccc(N)c(C(=O)Nc3cnccc3N3CCCC(N)C3)n2)ccc1N. The van der Waals surface area contributed by atoms with Crippen molar-refractivity contribution in [2.45, 2.75) is 18.9 Å². The molecule has 32 heavy (non-hydrogen) atoms. The zero-order valence-electron chi connectivity index (χ0n) is 17.8. The summed E-state index contributed by atoms with van der Waals surface area (Å²) in [6, 6.07) is 8.65. The van der Waals surface area contributed by atoms with Gasteiger partial charge in [0.25, 0.3) is 5.91 Å². The van der Waals surface area contributed by atoms with Crippen molar-refractivity contribution in [1.82, 2.24) is 15.0 Å². The molecule has 1 aliphatic rings. The Morgan fingerprint density at radius 2 is 1.88 bits per heavy atom. The van der Waals surface area contributed by atoms with Crippen LogP contribution in [0, 0.1) is 0 Å². The van der Waals surface area contributed by atoms with Crippen LogP contribution in [0.1, 0.15) is 23.3 Å². The van der Waals surface area contributed by atoms with Crippen molar-refractivity contribution < 1.29 is 9.53 Å². The van der Waals surface area contributed by atoms with Crippen LogP contribution >= 0.6 is 0 Å². The Labute approximate surface area is 185 Å². The normalized spacial score (nSPS) is 15.9. The molecule has 0 aromatic carbocycles. The highest BCUT2D eigenvalue weighted by molar-refractivity contribution is 6.07. The Balaban J connectivity index is 1.62. The van der Waals surface area contributed by atoms with Crippen LogP contribution in [0.2, 0.25) is 0 Å². The molecule has 3 aromatic heterocycles. The van der Waals surface area contributed by atoms with Crippen LogP contribution in [0.3, 0.4) is 0 Å². The van der Waals surface area contributed by atoms with Crippen molar-refractivity contribution >= 4 is 28.7 Å². The van der Waals surface area contributed by atoms with Crippen molar-refractivity contribution in [3.05, 3.63) is 48.4 Å². The van der Waals surface area contributed by atoms with Crippen molar-refractivity contribution in [2.24, 2.45) is 5.73 Å². The minimum atomic E-state index is -0.442. The highest BCUT2D eigenvalue weighted by Gasteiger charge is 2.21. The molecule has 166 valence electrons. The third-order valence-corrected chi connectivity index (χ3v) is 5.33. The second-order valence-electron chi connectivity index (χ2n) is 7.62. The molecule has 0 spiro atoms. The second-order valence-corrected chi connectivity index (χ2v) is 7.62. The molecule has 1 fully saturated rings. The number of pyridine rings is 3. The lowest BCUT2D eigenvalue weighted by Crippen LogP contribution is -2.43. The van der Waals surface area contributed by atoms with Gasteiger partial charge in [0.05, 0.1) is 47.4 Å². The lowest BCUT2D eigenvalue weighted by molar-refractivity contribution is 0.102. The van der Waals surface area contributed by atoms with E-state index in [1.165, 1.54) is 7.11 Å². The predicted molar refractivity (Wildman–Crippen MR) is 124 cm³/mol. The van der Waals surface area contributed by atoms with Crippen LogP contribution in [0.25, 0.3) is 11.4 Å². The predicted octanol–water partition coefficient (Wildman–Crippen LogP) is 1.89. The lowest BCUT2D eigenvalue weighted by atomic mass is 10.1. The van der Waals surface area contributed by atoms with E-state index in [9.17, 15) is 4.79 Å². The summed E-state index contributed by atoms with van der Waals surface area (Å²) < 4.78 is 5.18. The van der Waals surface area contributed by atoms with E-state index in [-0.39, 0.29) is 23.3 Å². The smallest absolute Gasteiger partial charge is 0.276 e. The first-order valence-corrected chi connectivity index (χ1v) is 10.3. The van der Waals surface area contributed by atoms with E-state index >= 15 is 0 Å². The molecule has 4 rings (SSSR count). The summed E-state index contributed by atoms with van der Waals surface area (Å²) in [5.74, 6) is -0.158. The van der Waals surface area contributed by atoms with Crippen LogP contribution < -0.4 is 32.2 Å². The third-order valence-electron chi connectivity index (χ3n) is 5.33. The molecule has 1 amide bonds. The standard InChI is InChI=1S/C22H26N8O2/c1-32-22-15(25)5-7-17(29-22)16-6-4-14(24)20(27-16)21(31)28-18-11-26-9-8-19(18)30-10-2-3-13(23)12-30/h4-9,11,13H,2-3,10,12,23-25H2,1H3,(H,28,31). The first-order valence-electron chi connectivity index (χ1n) is 10.3. The number of carbonyl (C=O) groups excluding carboxylic acids is 1. The topological polar surface area (TPSA) is 158 Å². The molecule has 0 saturated carbocycles. The first kappa shape index (κ1) is 21.3. The number of hydrogen-bond acceptors (Lipinski definition) is 9. The van der Waals surface area contributed by atoms with Gasteiger partial charge in [-0.2, -0.15) is 0 Å². The number of ether oxygens (including phenoxy) is 1. The number of nitrogens with zero attached hydrogens (tertiary/aromatic N) is 4. The van der Waals surface area contributed by atoms with Crippen molar-refractivity contribution in [3.8, 4) is 17.3 Å². The van der Waals surface area contributed by atoms with Gasteiger partial charge in [0, 0.05) is 25.3 Å². The van der Waals surface area contributed by atoms with E-state index in [2.05, 4.69) is 25.2 Å². The molecule has 1 aliphatic heterocycles. The Morgan fingerprint density at radius 3 is 2.62 bits per heavy atom. The largest absolute Gasteiger partial charge is 0.480 e. The van der Waals surface area contributed by atoms with Crippen LogP contribution in [-0.4, -0.2) is 47.1 Å². The van der Waals surface area contributed by atoms with Crippen LogP contribution in [0.5, 0.6) is 5.88 Å². The molecule has 10 nitrogen and oxygen atoms in total. The van der Waals surface area contributed by atoms with Gasteiger partial charge in [0.2, 0.25) is 5.88 Å². The Hall–Kier alpha value is -3.92. The summed E-state index contributed by atoms with van der Waals surface area (Å²) in [6.07, 6.45) is 5.28. The summed E-state index contributed by atoms with van der Waals surface area (Å²) in [4.78, 5) is 28.2. The van der Waals surface area contributed by atoms with E-state index in [1.54, 1.807) is 36.7 Å². The fourth-order valence-electron chi connectivity index (χ4n) is 3.72. The number of amides is 1. The van der Waals surface area contributed by atoms with Crippen LogP contribution in [0.15, 0.2) is 42.7 Å². The molecule has 10 heteroatoms. The number of hydrogen-bond donors (Lipinski definition) is 4. The molecule has 4 heterocycles. The van der Waals surface area contributed by atoms with E-state index in [0.29, 0.717) is 29.3 Å². The Morgan fingerprint density at radius 1 is 1.12 bits per heavy atom. The number of nitrogens with two attached hydrogens (primary N) is 3. The molecular weight excluding hydrogens is 408 g/mol. The summed E-state index contributed by atoms with van der Waals surface area (Å²) >= 11 is 0. The van der Waals surface area contributed by atoms with Crippen LogP contribution in [0.4, 0.5) is 22.7 Å².